The van der Waals surface area contributed by atoms with Gasteiger partial charge in [0.25, 0.3) is 0 Å². The first-order valence-electron chi connectivity index (χ1n) is 22.4. The SMILES string of the molecule is CN(CCOc1ccc(CC(F)(F)C(=O)O)cc1)CC(c1ccc(Cl)cc1)c1ccc(Cl)cc1.CON(C)C(=O)C(F)(F)Cc1ccc(OCCN(C)CC(c2ccc(Cl)cc2)c2ccc(Cl)cc2)cc1. The van der Waals surface area contributed by atoms with Crippen molar-refractivity contribution in [3.05, 3.63) is 199 Å². The number of carboxylic acids is 1. The van der Waals surface area contributed by atoms with E-state index in [0.29, 0.717) is 68.5 Å². The molecule has 0 saturated heterocycles. The lowest BCUT2D eigenvalue weighted by molar-refractivity contribution is -0.194. The number of aliphatic carboxylic acids is 1. The van der Waals surface area contributed by atoms with Gasteiger partial charge in [0.2, 0.25) is 0 Å². The maximum absolute atomic E-state index is 14.2. The van der Waals surface area contributed by atoms with Gasteiger partial charge in [-0.25, -0.2) is 9.86 Å². The van der Waals surface area contributed by atoms with Crippen molar-refractivity contribution < 1.29 is 46.6 Å². The minimum absolute atomic E-state index is 0.106. The van der Waals surface area contributed by atoms with E-state index in [0.717, 1.165) is 49.5 Å². The highest BCUT2D eigenvalue weighted by molar-refractivity contribution is 6.31. The molecule has 0 aliphatic heterocycles. The van der Waals surface area contributed by atoms with E-state index in [1.165, 1.54) is 24.3 Å². The van der Waals surface area contributed by atoms with E-state index in [2.05, 4.69) is 14.6 Å². The third-order valence-electron chi connectivity index (χ3n) is 11.4. The van der Waals surface area contributed by atoms with Crippen molar-refractivity contribution in [3.8, 4) is 11.5 Å². The van der Waals surface area contributed by atoms with Crippen LogP contribution in [0.5, 0.6) is 11.5 Å². The molecule has 0 radical (unpaired) electrons. The Bertz CT molecular complexity index is 2490. The van der Waals surface area contributed by atoms with Gasteiger partial charge in [0.1, 0.15) is 24.7 Å². The molecule has 0 aliphatic rings. The Labute approximate surface area is 432 Å². The van der Waals surface area contributed by atoms with E-state index in [9.17, 15) is 27.2 Å². The molecule has 0 heterocycles. The molecule has 6 aromatic rings. The number of rotatable bonds is 23. The standard InChI is InChI=1S/C28H30Cl2F2N2O3.C26H25Cl2F2NO3/c1-33(19-26(21-6-10-23(29)11-7-21)22-8-12-24(30)13-9-22)16-17-37-25-14-4-20(5-15-25)18-28(31,32)27(35)34(2)36-3;1-31(14-15-34-23-12-2-18(3-13-23)16-26(29,30)25(32)33)17-24(19-4-8-21(27)9-5-19)20-6-10-22(28)11-7-20/h4-15,26H,16-19H2,1-3H3;2-13,24H,14-17H2,1H3,(H,32,33). The second-order valence-corrected chi connectivity index (χ2v) is 18.6. The highest BCUT2D eigenvalue weighted by atomic mass is 35.5. The molecule has 6 aromatic carbocycles. The number of carbonyl (C=O) groups excluding carboxylic acids is 1. The van der Waals surface area contributed by atoms with Gasteiger partial charge in [-0.15, -0.1) is 0 Å². The summed E-state index contributed by atoms with van der Waals surface area (Å²) in [6.45, 7) is 3.57. The van der Waals surface area contributed by atoms with Crippen molar-refractivity contribution in [1.29, 1.82) is 0 Å². The molecular weight excluding hydrogens is 1000 g/mol. The minimum Gasteiger partial charge on any atom is -0.492 e. The third-order valence-corrected chi connectivity index (χ3v) is 12.5. The number of nitrogens with zero attached hydrogens (tertiary/aromatic N) is 3. The van der Waals surface area contributed by atoms with Crippen LogP contribution in [0.1, 0.15) is 45.2 Å². The molecule has 0 aromatic heterocycles. The minimum atomic E-state index is -3.80. The molecule has 378 valence electrons. The Morgan fingerprint density at radius 2 is 0.803 bits per heavy atom. The predicted octanol–water partition coefficient (Wildman–Crippen LogP) is 12.7. The molecule has 0 aliphatic carbocycles. The fraction of sp³-hybridized carbons (Fsp3) is 0.296. The zero-order valence-corrected chi connectivity index (χ0v) is 42.5. The van der Waals surface area contributed by atoms with Gasteiger partial charge in [0.15, 0.2) is 0 Å². The Morgan fingerprint density at radius 3 is 1.08 bits per heavy atom. The average Bonchev–Trinajstić information content (AvgIpc) is 3.34. The number of hydrogen-bond acceptors (Lipinski definition) is 7. The Kier molecular flexibility index (Phi) is 21.4. The lowest BCUT2D eigenvalue weighted by atomic mass is 9.91. The van der Waals surface area contributed by atoms with Crippen LogP contribution in [0.2, 0.25) is 20.1 Å². The highest BCUT2D eigenvalue weighted by Crippen LogP contribution is 2.31. The largest absolute Gasteiger partial charge is 0.492 e. The maximum atomic E-state index is 14.2. The number of carboxylic acid groups (broad SMARTS) is 1. The number of hydroxylamine groups is 2. The first-order chi connectivity index (χ1) is 33.7. The maximum Gasteiger partial charge on any atom is 0.374 e. The average molecular weight is 1060 g/mol. The number of hydrogen-bond donors (Lipinski definition) is 1. The molecule has 0 bridgehead atoms. The summed E-state index contributed by atoms with van der Waals surface area (Å²) in [6.07, 6.45) is -1.58. The number of likely N-dealkylation sites (N-methyl/N-ethyl adjacent to an activating group) is 2. The van der Waals surface area contributed by atoms with Gasteiger partial charge in [-0.3, -0.25) is 9.63 Å². The zero-order valence-electron chi connectivity index (χ0n) is 39.5. The summed E-state index contributed by atoms with van der Waals surface area (Å²) in [5, 5.41) is 11.8. The fourth-order valence-corrected chi connectivity index (χ4v) is 7.92. The summed E-state index contributed by atoms with van der Waals surface area (Å²) in [7, 11) is 6.32. The van der Waals surface area contributed by atoms with Crippen LogP contribution >= 0.6 is 46.4 Å². The second kappa shape index (κ2) is 26.9. The molecule has 9 nitrogen and oxygen atoms in total. The van der Waals surface area contributed by atoms with Gasteiger partial charge in [0.05, 0.1) is 7.11 Å². The smallest absolute Gasteiger partial charge is 0.374 e. The fourth-order valence-electron chi connectivity index (χ4n) is 7.42. The summed E-state index contributed by atoms with van der Waals surface area (Å²) in [4.78, 5) is 31.3. The predicted molar refractivity (Wildman–Crippen MR) is 273 cm³/mol. The second-order valence-electron chi connectivity index (χ2n) is 16.9. The molecule has 71 heavy (non-hydrogen) atoms. The van der Waals surface area contributed by atoms with Crippen LogP contribution in [0, 0.1) is 0 Å². The first-order valence-corrected chi connectivity index (χ1v) is 23.9. The van der Waals surface area contributed by atoms with Crippen LogP contribution in [0.15, 0.2) is 146 Å². The van der Waals surface area contributed by atoms with E-state index >= 15 is 0 Å². The molecule has 0 unspecified atom stereocenters. The van der Waals surface area contributed by atoms with Crippen molar-refractivity contribution >= 4 is 58.3 Å². The molecule has 0 spiro atoms. The van der Waals surface area contributed by atoms with Gasteiger partial charge in [-0.1, -0.05) is 119 Å². The van der Waals surface area contributed by atoms with E-state index in [1.807, 2.05) is 111 Å². The number of ether oxygens (including phenoxy) is 2. The lowest BCUT2D eigenvalue weighted by Crippen LogP contribution is -2.42. The van der Waals surface area contributed by atoms with Gasteiger partial charge >= 0.3 is 23.7 Å². The van der Waals surface area contributed by atoms with Crippen molar-refractivity contribution in [3.63, 3.8) is 0 Å². The number of benzene rings is 6. The lowest BCUT2D eigenvalue weighted by Gasteiger charge is -2.25. The van der Waals surface area contributed by atoms with Crippen LogP contribution in [-0.4, -0.2) is 111 Å². The zero-order chi connectivity index (χ0) is 51.7. The summed E-state index contributed by atoms with van der Waals surface area (Å²) < 4.78 is 66.7. The van der Waals surface area contributed by atoms with Crippen molar-refractivity contribution in [2.24, 2.45) is 0 Å². The summed E-state index contributed by atoms with van der Waals surface area (Å²) in [5.74, 6) is -9.58. The van der Waals surface area contributed by atoms with Crippen molar-refractivity contribution in [2.45, 2.75) is 36.5 Å². The van der Waals surface area contributed by atoms with Gasteiger partial charge in [-0.2, -0.15) is 17.6 Å². The van der Waals surface area contributed by atoms with Crippen LogP contribution in [0.4, 0.5) is 17.6 Å². The Hall–Kier alpha value is -5.38. The highest BCUT2D eigenvalue weighted by Gasteiger charge is 2.42. The van der Waals surface area contributed by atoms with Crippen LogP contribution in [0.3, 0.4) is 0 Å². The van der Waals surface area contributed by atoms with E-state index in [-0.39, 0.29) is 17.4 Å². The molecular formula is C54H55Cl4F4N3O6. The first kappa shape index (κ1) is 56.5. The number of carbonyl (C=O) groups is 2. The molecule has 1 amide bonds. The van der Waals surface area contributed by atoms with Gasteiger partial charge in [0, 0.05) is 78.0 Å². The molecule has 0 fully saturated rings. The summed E-state index contributed by atoms with van der Waals surface area (Å²) in [6, 6.07) is 43.5. The molecule has 17 heteroatoms. The van der Waals surface area contributed by atoms with Gasteiger partial charge in [-0.05, 0) is 120 Å². The molecule has 1 N–H and O–H groups in total. The normalized spacial score (nSPS) is 11.7. The quantitative estimate of drug-likeness (QED) is 0.0501. The van der Waals surface area contributed by atoms with Crippen molar-refractivity contribution in [1.82, 2.24) is 14.9 Å². The molecule has 0 atom stereocenters. The summed E-state index contributed by atoms with van der Waals surface area (Å²) >= 11 is 24.3. The van der Waals surface area contributed by atoms with Crippen LogP contribution in [-0.2, 0) is 27.3 Å². The molecule has 6 rings (SSSR count). The van der Waals surface area contributed by atoms with E-state index < -0.39 is 36.6 Å². The number of halogens is 8. The Balaban J connectivity index is 0.000000265. The number of amides is 1. The van der Waals surface area contributed by atoms with Crippen LogP contribution < -0.4 is 9.47 Å². The summed E-state index contributed by atoms with van der Waals surface area (Å²) in [5.41, 5.74) is 5.09. The van der Waals surface area contributed by atoms with Crippen molar-refractivity contribution in [2.75, 3.05) is 67.6 Å². The molecule has 0 saturated carbocycles. The topological polar surface area (TPSA) is 91.8 Å². The Morgan fingerprint density at radius 1 is 0.507 bits per heavy atom. The van der Waals surface area contributed by atoms with E-state index in [1.54, 1.807) is 24.3 Å². The van der Waals surface area contributed by atoms with Gasteiger partial charge < -0.3 is 24.4 Å². The number of alkyl halides is 4. The third kappa shape index (κ3) is 18.0. The monoisotopic (exact) mass is 1060 g/mol. The van der Waals surface area contributed by atoms with E-state index in [4.69, 9.17) is 61.0 Å². The van der Waals surface area contributed by atoms with Crippen LogP contribution in [0.25, 0.3) is 0 Å².